The average molecular weight is 447 g/mol. The summed E-state index contributed by atoms with van der Waals surface area (Å²) in [7, 11) is 0. The summed E-state index contributed by atoms with van der Waals surface area (Å²) in [6.45, 7) is 0.596. The van der Waals surface area contributed by atoms with E-state index in [-0.39, 0.29) is 36.7 Å². The van der Waals surface area contributed by atoms with E-state index in [1.807, 2.05) is 0 Å². The monoisotopic (exact) mass is 446 g/mol. The fourth-order valence-electron chi connectivity index (χ4n) is 3.71. The van der Waals surface area contributed by atoms with Crippen molar-refractivity contribution < 1.29 is 18.4 Å². The molecule has 2 aromatic heterocycles. The minimum absolute atomic E-state index is 0.189. The second kappa shape index (κ2) is 9.01. The summed E-state index contributed by atoms with van der Waals surface area (Å²) in [5, 5.41) is 3.80. The Balaban J connectivity index is 1.55. The Morgan fingerprint density at radius 1 is 1.23 bits per heavy atom. The van der Waals surface area contributed by atoms with Crippen LogP contribution in [0.2, 0.25) is 5.15 Å². The number of nitrogens with one attached hydrogen (secondary N) is 2. The third kappa shape index (κ3) is 5.02. The Hall–Kier alpha value is -3.00. The zero-order chi connectivity index (χ0) is 22.0. The number of fused-ring (bicyclic) bond motifs is 1. The van der Waals surface area contributed by atoms with E-state index in [9.17, 15) is 18.4 Å². The summed E-state index contributed by atoms with van der Waals surface area (Å²) in [5.41, 5.74) is 1.60. The quantitative estimate of drug-likeness (QED) is 0.587. The number of halogens is 3. The third-order valence-corrected chi connectivity index (χ3v) is 5.62. The van der Waals surface area contributed by atoms with Crippen LogP contribution in [0.5, 0.6) is 0 Å². The van der Waals surface area contributed by atoms with Crippen LogP contribution in [0.25, 0.3) is 10.9 Å². The number of aromatic amines is 1. The maximum atomic E-state index is 13.5. The number of piperidine rings is 1. The molecule has 1 fully saturated rings. The lowest BCUT2D eigenvalue weighted by atomic mass is 10.0. The molecule has 1 atom stereocenters. The number of benzene rings is 1. The van der Waals surface area contributed by atoms with Gasteiger partial charge in [-0.25, -0.2) is 13.8 Å². The molecule has 1 aromatic carbocycles. The Morgan fingerprint density at radius 3 is 2.65 bits per heavy atom. The van der Waals surface area contributed by atoms with Crippen molar-refractivity contribution in [3.05, 3.63) is 64.8 Å². The molecular formula is C22H21ClF2N4O2. The normalized spacial score (nSPS) is 15.8. The van der Waals surface area contributed by atoms with Gasteiger partial charge in [0.05, 0.1) is 11.7 Å². The van der Waals surface area contributed by atoms with Crippen molar-refractivity contribution in [2.75, 3.05) is 13.1 Å². The summed E-state index contributed by atoms with van der Waals surface area (Å²) in [6.07, 6.45) is 1.35. The highest BCUT2D eigenvalue weighted by Crippen LogP contribution is 2.19. The molecule has 1 aliphatic heterocycles. The van der Waals surface area contributed by atoms with Gasteiger partial charge in [-0.15, -0.1) is 0 Å². The standard InChI is InChI=1S/C22H21ClF2N4O2/c23-20-11-14-10-17(27-19(14)12-26-20)21(30)28-18(9-13-1-3-15(24)4-2-13)22(31)29-7-5-16(25)6-8-29/h1-4,10-12,16,18,27H,5-9H2,(H,28,30)/t18-/m0/s1. The number of nitrogens with zero attached hydrogens (tertiary/aromatic N) is 2. The molecule has 3 heterocycles. The number of aromatic nitrogens is 2. The van der Waals surface area contributed by atoms with Crippen LogP contribution in [0.4, 0.5) is 8.78 Å². The van der Waals surface area contributed by atoms with Crippen LogP contribution in [-0.2, 0) is 11.2 Å². The van der Waals surface area contributed by atoms with E-state index in [2.05, 4.69) is 15.3 Å². The highest BCUT2D eigenvalue weighted by atomic mass is 35.5. The molecule has 6 nitrogen and oxygen atoms in total. The van der Waals surface area contributed by atoms with Gasteiger partial charge in [0.15, 0.2) is 0 Å². The van der Waals surface area contributed by atoms with E-state index in [4.69, 9.17) is 11.6 Å². The minimum Gasteiger partial charge on any atom is -0.349 e. The molecule has 0 radical (unpaired) electrons. The molecule has 2 amide bonds. The second-order valence-electron chi connectivity index (χ2n) is 7.63. The van der Waals surface area contributed by atoms with Crippen LogP contribution in [0.15, 0.2) is 42.6 Å². The molecule has 3 aromatic rings. The lowest BCUT2D eigenvalue weighted by molar-refractivity contribution is -0.134. The molecule has 1 saturated heterocycles. The van der Waals surface area contributed by atoms with Gasteiger partial charge in [-0.1, -0.05) is 23.7 Å². The van der Waals surface area contributed by atoms with Crippen molar-refractivity contribution >= 4 is 34.3 Å². The van der Waals surface area contributed by atoms with Crippen molar-refractivity contribution in [1.29, 1.82) is 0 Å². The Bertz CT molecular complexity index is 1090. The molecule has 31 heavy (non-hydrogen) atoms. The Morgan fingerprint density at radius 2 is 1.94 bits per heavy atom. The topological polar surface area (TPSA) is 78.1 Å². The Kier molecular flexibility index (Phi) is 6.18. The fraction of sp³-hybridized carbons (Fsp3) is 0.318. The lowest BCUT2D eigenvalue weighted by Gasteiger charge is -2.32. The number of hydrogen-bond acceptors (Lipinski definition) is 3. The van der Waals surface area contributed by atoms with E-state index in [0.717, 1.165) is 5.39 Å². The summed E-state index contributed by atoms with van der Waals surface area (Å²) in [5.74, 6) is -1.13. The zero-order valence-corrected chi connectivity index (χ0v) is 17.3. The maximum Gasteiger partial charge on any atom is 0.268 e. The number of H-pyrrole nitrogens is 1. The number of rotatable bonds is 5. The highest BCUT2D eigenvalue weighted by Gasteiger charge is 2.30. The molecule has 9 heteroatoms. The van der Waals surface area contributed by atoms with Crippen LogP contribution in [0.3, 0.4) is 0 Å². The summed E-state index contributed by atoms with van der Waals surface area (Å²) in [6, 6.07) is 8.16. The minimum atomic E-state index is -0.916. The van der Waals surface area contributed by atoms with E-state index >= 15 is 0 Å². The van der Waals surface area contributed by atoms with E-state index in [0.29, 0.717) is 29.3 Å². The molecule has 0 unspecified atom stereocenters. The van der Waals surface area contributed by atoms with Crippen LogP contribution in [0, 0.1) is 5.82 Å². The van der Waals surface area contributed by atoms with Crippen LogP contribution < -0.4 is 5.32 Å². The number of pyridine rings is 1. The van der Waals surface area contributed by atoms with Crippen molar-refractivity contribution in [2.45, 2.75) is 31.5 Å². The van der Waals surface area contributed by atoms with Crippen molar-refractivity contribution in [3.8, 4) is 0 Å². The van der Waals surface area contributed by atoms with Gasteiger partial charge in [0, 0.05) is 24.9 Å². The van der Waals surface area contributed by atoms with Gasteiger partial charge in [0.2, 0.25) is 5.91 Å². The molecule has 0 aliphatic carbocycles. The SMILES string of the molecule is O=C(N[C@@H](Cc1ccc(F)cc1)C(=O)N1CCC(F)CC1)c1cc2cc(Cl)ncc2[nH]1. The van der Waals surface area contributed by atoms with Crippen molar-refractivity contribution in [2.24, 2.45) is 0 Å². The van der Waals surface area contributed by atoms with Gasteiger partial charge in [0.1, 0.15) is 28.9 Å². The molecular weight excluding hydrogens is 426 g/mol. The van der Waals surface area contributed by atoms with Crippen molar-refractivity contribution in [1.82, 2.24) is 20.2 Å². The predicted octanol–water partition coefficient (Wildman–Crippen LogP) is 3.66. The largest absolute Gasteiger partial charge is 0.349 e. The summed E-state index contributed by atoms with van der Waals surface area (Å²) in [4.78, 5) is 34.6. The van der Waals surface area contributed by atoms with Gasteiger partial charge in [0.25, 0.3) is 5.91 Å². The van der Waals surface area contributed by atoms with Gasteiger partial charge < -0.3 is 15.2 Å². The molecule has 2 N–H and O–H groups in total. The van der Waals surface area contributed by atoms with Crippen molar-refractivity contribution in [3.63, 3.8) is 0 Å². The number of carbonyl (C=O) groups is 2. The number of alkyl halides is 1. The van der Waals surface area contributed by atoms with Crippen LogP contribution in [-0.4, -0.2) is 52.0 Å². The molecule has 1 aliphatic rings. The van der Waals surface area contributed by atoms with E-state index in [1.165, 1.54) is 18.3 Å². The first kappa shape index (κ1) is 21.2. The smallest absolute Gasteiger partial charge is 0.268 e. The van der Waals surface area contributed by atoms with E-state index < -0.39 is 18.1 Å². The van der Waals surface area contributed by atoms with Gasteiger partial charge >= 0.3 is 0 Å². The molecule has 162 valence electrons. The highest BCUT2D eigenvalue weighted by molar-refractivity contribution is 6.30. The maximum absolute atomic E-state index is 13.5. The third-order valence-electron chi connectivity index (χ3n) is 5.41. The van der Waals surface area contributed by atoms with Crippen LogP contribution in [0.1, 0.15) is 28.9 Å². The first-order chi connectivity index (χ1) is 14.9. The first-order valence-corrected chi connectivity index (χ1v) is 10.4. The van der Waals surface area contributed by atoms with Gasteiger partial charge in [-0.2, -0.15) is 0 Å². The Labute approximate surface area is 182 Å². The average Bonchev–Trinajstić information content (AvgIpc) is 3.18. The number of amides is 2. The predicted molar refractivity (Wildman–Crippen MR) is 113 cm³/mol. The second-order valence-corrected chi connectivity index (χ2v) is 8.02. The molecule has 4 rings (SSSR count). The number of carbonyl (C=O) groups excluding carboxylic acids is 2. The molecule has 0 saturated carbocycles. The lowest BCUT2D eigenvalue weighted by Crippen LogP contribution is -2.52. The summed E-state index contributed by atoms with van der Waals surface area (Å²) < 4.78 is 26.8. The fourth-order valence-corrected chi connectivity index (χ4v) is 3.87. The van der Waals surface area contributed by atoms with E-state index in [1.54, 1.807) is 29.2 Å². The van der Waals surface area contributed by atoms with Gasteiger partial charge in [-0.05, 0) is 42.7 Å². The summed E-state index contributed by atoms with van der Waals surface area (Å²) >= 11 is 5.90. The number of likely N-dealkylation sites (tertiary alicyclic amines) is 1. The molecule has 0 bridgehead atoms. The zero-order valence-electron chi connectivity index (χ0n) is 16.6. The molecule has 0 spiro atoms. The number of hydrogen-bond donors (Lipinski definition) is 2. The van der Waals surface area contributed by atoms with Gasteiger partial charge in [-0.3, -0.25) is 9.59 Å². The first-order valence-electron chi connectivity index (χ1n) is 10.0. The van der Waals surface area contributed by atoms with Crippen LogP contribution >= 0.6 is 11.6 Å².